The summed E-state index contributed by atoms with van der Waals surface area (Å²) in [5.41, 5.74) is 0.516. The van der Waals surface area contributed by atoms with Crippen molar-refractivity contribution >= 4 is 11.0 Å². The molecule has 12 heavy (non-hydrogen) atoms. The van der Waals surface area contributed by atoms with E-state index in [1.54, 1.807) is 18.2 Å². The third-order valence-electron chi connectivity index (χ3n) is 1.72. The number of hydrogen-bond acceptors (Lipinski definition) is 2. The lowest BCUT2D eigenvalue weighted by Gasteiger charge is -1.89. The number of alkyl halides is 1. The zero-order valence-electron chi connectivity index (χ0n) is 6.25. The van der Waals surface area contributed by atoms with Crippen LogP contribution in [0.1, 0.15) is 5.76 Å². The Balaban J connectivity index is 2.74. The minimum atomic E-state index is -0.645. The fraction of sp³-hybridized carbons (Fsp3) is 0.111. The highest BCUT2D eigenvalue weighted by Crippen LogP contribution is 2.27. The van der Waals surface area contributed by atoms with E-state index in [0.29, 0.717) is 11.0 Å². The van der Waals surface area contributed by atoms with E-state index in [9.17, 15) is 9.50 Å². The number of fused-ring (bicyclic) bond motifs is 1. The Kier molecular flexibility index (Phi) is 1.50. The van der Waals surface area contributed by atoms with Crippen LogP contribution in [0.5, 0.6) is 5.75 Å². The molecule has 0 atom stereocenters. The molecule has 0 saturated carbocycles. The van der Waals surface area contributed by atoms with E-state index >= 15 is 0 Å². The molecule has 1 N–H and O–H groups in total. The average molecular weight is 166 g/mol. The summed E-state index contributed by atoms with van der Waals surface area (Å²) in [6.45, 7) is -0.645. The Labute approximate surface area is 68.2 Å². The minimum Gasteiger partial charge on any atom is -0.507 e. The number of furan rings is 1. The van der Waals surface area contributed by atoms with Crippen molar-refractivity contribution in [3.05, 3.63) is 30.0 Å². The molecule has 1 aromatic carbocycles. The third kappa shape index (κ3) is 0.942. The van der Waals surface area contributed by atoms with Gasteiger partial charge in [0.2, 0.25) is 0 Å². The lowest BCUT2D eigenvalue weighted by Crippen LogP contribution is -1.65. The SMILES string of the molecule is Oc1cccc2oc(CF)cc12. The Morgan fingerprint density at radius 1 is 1.42 bits per heavy atom. The van der Waals surface area contributed by atoms with Gasteiger partial charge in [0.15, 0.2) is 0 Å². The summed E-state index contributed by atoms with van der Waals surface area (Å²) in [6.07, 6.45) is 0. The number of phenolic OH excluding ortho intramolecular Hbond substituents is 1. The van der Waals surface area contributed by atoms with Crippen molar-refractivity contribution in [2.24, 2.45) is 0 Å². The number of aromatic hydroxyl groups is 1. The summed E-state index contributed by atoms with van der Waals surface area (Å²) in [4.78, 5) is 0. The topological polar surface area (TPSA) is 33.4 Å². The molecule has 0 radical (unpaired) electrons. The first-order valence-corrected chi connectivity index (χ1v) is 3.57. The van der Waals surface area contributed by atoms with Gasteiger partial charge in [-0.3, -0.25) is 0 Å². The highest BCUT2D eigenvalue weighted by molar-refractivity contribution is 5.84. The Morgan fingerprint density at radius 3 is 2.92 bits per heavy atom. The van der Waals surface area contributed by atoms with Gasteiger partial charge in [-0.15, -0.1) is 0 Å². The van der Waals surface area contributed by atoms with Gasteiger partial charge in [-0.05, 0) is 18.2 Å². The van der Waals surface area contributed by atoms with Gasteiger partial charge in [0.25, 0.3) is 0 Å². The second kappa shape index (κ2) is 2.52. The lowest BCUT2D eigenvalue weighted by molar-refractivity contribution is 0.407. The Hall–Kier alpha value is -1.51. The van der Waals surface area contributed by atoms with Crippen LogP contribution < -0.4 is 0 Å². The molecule has 0 fully saturated rings. The van der Waals surface area contributed by atoms with Crippen LogP contribution in [0.2, 0.25) is 0 Å². The maximum atomic E-state index is 12.1. The molecule has 62 valence electrons. The first-order chi connectivity index (χ1) is 5.81. The monoisotopic (exact) mass is 166 g/mol. The van der Waals surface area contributed by atoms with Crippen LogP contribution in [-0.4, -0.2) is 5.11 Å². The highest BCUT2D eigenvalue weighted by atomic mass is 19.1. The van der Waals surface area contributed by atoms with Crippen molar-refractivity contribution < 1.29 is 13.9 Å². The number of benzene rings is 1. The fourth-order valence-corrected chi connectivity index (χ4v) is 1.16. The number of halogens is 1. The molecule has 0 aliphatic heterocycles. The van der Waals surface area contributed by atoms with Crippen molar-refractivity contribution in [2.45, 2.75) is 6.67 Å². The van der Waals surface area contributed by atoms with E-state index in [2.05, 4.69) is 0 Å². The predicted molar refractivity (Wildman–Crippen MR) is 42.7 cm³/mol. The molecular formula is C9H7FO2. The van der Waals surface area contributed by atoms with Crippen LogP contribution in [0.15, 0.2) is 28.7 Å². The molecule has 0 aliphatic rings. The van der Waals surface area contributed by atoms with Crippen molar-refractivity contribution in [2.75, 3.05) is 0 Å². The zero-order chi connectivity index (χ0) is 8.55. The first-order valence-electron chi connectivity index (χ1n) is 3.57. The van der Waals surface area contributed by atoms with Crippen molar-refractivity contribution in [1.29, 1.82) is 0 Å². The highest BCUT2D eigenvalue weighted by Gasteiger charge is 2.05. The normalized spacial score (nSPS) is 10.8. The van der Waals surface area contributed by atoms with Crippen LogP contribution in [0, 0.1) is 0 Å². The van der Waals surface area contributed by atoms with E-state index in [1.165, 1.54) is 6.07 Å². The summed E-state index contributed by atoms with van der Waals surface area (Å²) in [6, 6.07) is 6.39. The van der Waals surface area contributed by atoms with Crippen LogP contribution >= 0.6 is 0 Å². The molecule has 1 heterocycles. The van der Waals surface area contributed by atoms with Crippen LogP contribution in [-0.2, 0) is 6.67 Å². The largest absolute Gasteiger partial charge is 0.507 e. The van der Waals surface area contributed by atoms with Gasteiger partial charge < -0.3 is 9.52 Å². The summed E-state index contributed by atoms with van der Waals surface area (Å²) in [5, 5.41) is 9.86. The van der Waals surface area contributed by atoms with Gasteiger partial charge in [0.05, 0.1) is 5.39 Å². The number of rotatable bonds is 1. The van der Waals surface area contributed by atoms with Gasteiger partial charge in [-0.2, -0.15) is 0 Å². The number of hydrogen-bond donors (Lipinski definition) is 1. The van der Waals surface area contributed by atoms with E-state index in [4.69, 9.17) is 4.42 Å². The summed E-state index contributed by atoms with van der Waals surface area (Å²) in [5.74, 6) is 0.363. The third-order valence-corrected chi connectivity index (χ3v) is 1.72. The zero-order valence-corrected chi connectivity index (χ0v) is 6.25. The van der Waals surface area contributed by atoms with E-state index in [-0.39, 0.29) is 11.5 Å². The van der Waals surface area contributed by atoms with Crippen molar-refractivity contribution in [3.63, 3.8) is 0 Å². The van der Waals surface area contributed by atoms with Crippen molar-refractivity contribution in [1.82, 2.24) is 0 Å². The first kappa shape index (κ1) is 7.16. The molecule has 2 nitrogen and oxygen atoms in total. The molecule has 0 bridgehead atoms. The maximum Gasteiger partial charge on any atom is 0.147 e. The second-order valence-corrected chi connectivity index (χ2v) is 2.54. The average Bonchev–Trinajstić information content (AvgIpc) is 2.49. The van der Waals surface area contributed by atoms with E-state index < -0.39 is 6.67 Å². The number of phenols is 1. The van der Waals surface area contributed by atoms with E-state index in [0.717, 1.165) is 0 Å². The van der Waals surface area contributed by atoms with Gasteiger partial charge >= 0.3 is 0 Å². The summed E-state index contributed by atoms with van der Waals surface area (Å²) < 4.78 is 17.2. The molecule has 0 spiro atoms. The van der Waals surface area contributed by atoms with E-state index in [1.807, 2.05) is 0 Å². The lowest BCUT2D eigenvalue weighted by atomic mass is 10.2. The van der Waals surface area contributed by atoms with Crippen LogP contribution in [0.4, 0.5) is 4.39 Å². The standard InChI is InChI=1S/C9H7FO2/c10-5-6-4-7-8(11)2-1-3-9(7)12-6/h1-4,11H,5H2. The molecule has 1 aromatic heterocycles. The Bertz CT molecular complexity index is 406. The van der Waals surface area contributed by atoms with Crippen LogP contribution in [0.25, 0.3) is 11.0 Å². The molecule has 0 saturated heterocycles. The van der Waals surface area contributed by atoms with Gasteiger partial charge in [0, 0.05) is 0 Å². The fourth-order valence-electron chi connectivity index (χ4n) is 1.16. The van der Waals surface area contributed by atoms with Crippen LogP contribution in [0.3, 0.4) is 0 Å². The molecule has 2 aromatic rings. The smallest absolute Gasteiger partial charge is 0.147 e. The summed E-state index contributed by atoms with van der Waals surface area (Å²) >= 11 is 0. The molecule has 0 amide bonds. The molecule has 0 aliphatic carbocycles. The quantitative estimate of drug-likeness (QED) is 0.706. The van der Waals surface area contributed by atoms with Gasteiger partial charge in [-0.25, -0.2) is 4.39 Å². The minimum absolute atomic E-state index is 0.121. The predicted octanol–water partition coefficient (Wildman–Crippen LogP) is 2.61. The van der Waals surface area contributed by atoms with Gasteiger partial charge in [-0.1, -0.05) is 6.07 Å². The molecule has 2 rings (SSSR count). The summed E-state index contributed by atoms with van der Waals surface area (Å²) in [7, 11) is 0. The van der Waals surface area contributed by atoms with Gasteiger partial charge in [0.1, 0.15) is 23.8 Å². The maximum absolute atomic E-state index is 12.1. The molecule has 0 unspecified atom stereocenters. The Morgan fingerprint density at radius 2 is 2.25 bits per heavy atom. The van der Waals surface area contributed by atoms with Crippen molar-refractivity contribution in [3.8, 4) is 5.75 Å². The second-order valence-electron chi connectivity index (χ2n) is 2.54. The molecule has 3 heteroatoms. The molecular weight excluding hydrogens is 159 g/mol.